The van der Waals surface area contributed by atoms with Crippen molar-refractivity contribution in [2.45, 2.75) is 19.6 Å². The van der Waals surface area contributed by atoms with Gasteiger partial charge in [-0.2, -0.15) is 10.5 Å². The molecule has 0 aliphatic carbocycles. The second kappa shape index (κ2) is 8.48. The summed E-state index contributed by atoms with van der Waals surface area (Å²) in [6.45, 7) is 1.70. The molecule has 0 saturated carbocycles. The molecule has 126 valence electrons. The van der Waals surface area contributed by atoms with Crippen molar-refractivity contribution in [2.24, 2.45) is 0 Å². The van der Waals surface area contributed by atoms with Gasteiger partial charge in [-0.3, -0.25) is 19.9 Å². The van der Waals surface area contributed by atoms with Gasteiger partial charge in [0, 0.05) is 38.2 Å². The van der Waals surface area contributed by atoms with E-state index in [1.807, 2.05) is 18.2 Å². The highest BCUT2D eigenvalue weighted by molar-refractivity contribution is 5.30. The molecule has 0 amide bonds. The van der Waals surface area contributed by atoms with Gasteiger partial charge < -0.3 is 0 Å². The fraction of sp³-hybridized carbons (Fsp3) is 0.150. The first-order chi connectivity index (χ1) is 12.8. The van der Waals surface area contributed by atoms with Crippen molar-refractivity contribution in [2.75, 3.05) is 0 Å². The predicted molar refractivity (Wildman–Crippen MR) is 95.1 cm³/mol. The molecule has 6 nitrogen and oxygen atoms in total. The van der Waals surface area contributed by atoms with E-state index in [4.69, 9.17) is 10.5 Å². The van der Waals surface area contributed by atoms with Crippen LogP contribution in [0.4, 0.5) is 0 Å². The Hall–Kier alpha value is -3.61. The number of aromatic nitrogens is 3. The van der Waals surface area contributed by atoms with Crippen LogP contribution in [-0.2, 0) is 19.6 Å². The van der Waals surface area contributed by atoms with Crippen LogP contribution in [0.15, 0.2) is 61.1 Å². The SMILES string of the molecule is N#Cc1ccnc(CN(Cc2ccccn2)Cc2cc(C#N)ccn2)c1. The molecule has 3 heterocycles. The summed E-state index contributed by atoms with van der Waals surface area (Å²) in [5, 5.41) is 18.2. The number of hydrogen-bond donors (Lipinski definition) is 0. The number of rotatable bonds is 6. The molecule has 0 bridgehead atoms. The second-order valence-electron chi connectivity index (χ2n) is 5.76. The Bertz CT molecular complexity index is 896. The van der Waals surface area contributed by atoms with Crippen molar-refractivity contribution in [1.82, 2.24) is 19.9 Å². The lowest BCUT2D eigenvalue weighted by molar-refractivity contribution is 0.239. The fourth-order valence-corrected chi connectivity index (χ4v) is 2.62. The lowest BCUT2D eigenvalue weighted by Gasteiger charge is -2.21. The molecule has 0 N–H and O–H groups in total. The van der Waals surface area contributed by atoms with Crippen LogP contribution in [-0.4, -0.2) is 19.9 Å². The molecule has 3 aromatic rings. The zero-order valence-electron chi connectivity index (χ0n) is 14.1. The number of pyridine rings is 3. The predicted octanol–water partition coefficient (Wildman–Crippen LogP) is 2.82. The van der Waals surface area contributed by atoms with Crippen LogP contribution in [0.3, 0.4) is 0 Å². The van der Waals surface area contributed by atoms with Crippen LogP contribution >= 0.6 is 0 Å². The molecule has 0 aromatic carbocycles. The summed E-state index contributed by atoms with van der Waals surface area (Å²) in [6, 6.07) is 17.0. The van der Waals surface area contributed by atoms with Gasteiger partial charge in [-0.05, 0) is 36.4 Å². The first-order valence-corrected chi connectivity index (χ1v) is 8.09. The molecule has 3 rings (SSSR count). The topological polar surface area (TPSA) is 89.5 Å². The van der Waals surface area contributed by atoms with Crippen LogP contribution in [0.25, 0.3) is 0 Å². The van der Waals surface area contributed by atoms with Gasteiger partial charge in [-0.1, -0.05) is 6.07 Å². The summed E-state index contributed by atoms with van der Waals surface area (Å²) in [4.78, 5) is 15.2. The maximum absolute atomic E-state index is 9.08. The Morgan fingerprint density at radius 3 is 1.73 bits per heavy atom. The zero-order valence-corrected chi connectivity index (χ0v) is 14.1. The molecule has 0 aliphatic heterocycles. The highest BCUT2D eigenvalue weighted by Gasteiger charge is 2.11. The minimum Gasteiger partial charge on any atom is -0.286 e. The Morgan fingerprint density at radius 2 is 1.23 bits per heavy atom. The van der Waals surface area contributed by atoms with Crippen LogP contribution in [0.5, 0.6) is 0 Å². The molecule has 0 saturated heterocycles. The molecule has 6 heteroatoms. The van der Waals surface area contributed by atoms with Gasteiger partial charge in [0.2, 0.25) is 0 Å². The Labute approximate surface area is 152 Å². The third-order valence-electron chi connectivity index (χ3n) is 3.77. The second-order valence-corrected chi connectivity index (χ2v) is 5.76. The van der Waals surface area contributed by atoms with E-state index in [0.29, 0.717) is 30.8 Å². The first-order valence-electron chi connectivity index (χ1n) is 8.09. The highest BCUT2D eigenvalue weighted by atomic mass is 15.1. The zero-order chi connectivity index (χ0) is 18.2. The van der Waals surface area contributed by atoms with Gasteiger partial charge >= 0.3 is 0 Å². The van der Waals surface area contributed by atoms with Crippen molar-refractivity contribution < 1.29 is 0 Å². The van der Waals surface area contributed by atoms with Crippen LogP contribution in [0.1, 0.15) is 28.2 Å². The minimum absolute atomic E-state index is 0.546. The summed E-state index contributed by atoms with van der Waals surface area (Å²) in [6.07, 6.45) is 5.04. The van der Waals surface area contributed by atoms with E-state index in [2.05, 4.69) is 32.0 Å². The Morgan fingerprint density at radius 1 is 0.692 bits per heavy atom. The monoisotopic (exact) mass is 340 g/mol. The van der Waals surface area contributed by atoms with Crippen molar-refractivity contribution in [3.8, 4) is 12.1 Å². The van der Waals surface area contributed by atoms with Gasteiger partial charge in [-0.15, -0.1) is 0 Å². The average Bonchev–Trinajstić information content (AvgIpc) is 2.69. The van der Waals surface area contributed by atoms with Gasteiger partial charge in [0.1, 0.15) is 0 Å². The molecule has 0 aliphatic rings. The Kier molecular flexibility index (Phi) is 5.61. The maximum atomic E-state index is 9.08. The van der Waals surface area contributed by atoms with E-state index in [1.165, 1.54) is 0 Å². The molecule has 0 spiro atoms. The summed E-state index contributed by atoms with van der Waals surface area (Å²) >= 11 is 0. The molecular weight excluding hydrogens is 324 g/mol. The van der Waals surface area contributed by atoms with Crippen LogP contribution < -0.4 is 0 Å². The molecule has 26 heavy (non-hydrogen) atoms. The molecule has 0 atom stereocenters. The van der Waals surface area contributed by atoms with Gasteiger partial charge in [-0.25, -0.2) is 0 Å². The maximum Gasteiger partial charge on any atom is 0.0992 e. The quantitative estimate of drug-likeness (QED) is 0.685. The van der Waals surface area contributed by atoms with Crippen molar-refractivity contribution in [1.29, 1.82) is 10.5 Å². The van der Waals surface area contributed by atoms with E-state index in [9.17, 15) is 0 Å². The number of nitriles is 2. The molecule has 3 aromatic heterocycles. The van der Waals surface area contributed by atoms with E-state index < -0.39 is 0 Å². The van der Waals surface area contributed by atoms with Crippen molar-refractivity contribution in [3.63, 3.8) is 0 Å². The average molecular weight is 340 g/mol. The molecule has 0 fully saturated rings. The van der Waals surface area contributed by atoms with Gasteiger partial charge in [0.05, 0.1) is 40.3 Å². The van der Waals surface area contributed by atoms with Crippen LogP contribution in [0, 0.1) is 22.7 Å². The first kappa shape index (κ1) is 17.2. The molecule has 0 radical (unpaired) electrons. The largest absolute Gasteiger partial charge is 0.286 e. The van der Waals surface area contributed by atoms with E-state index in [1.54, 1.807) is 42.9 Å². The normalized spacial score (nSPS) is 10.3. The van der Waals surface area contributed by atoms with Crippen molar-refractivity contribution >= 4 is 0 Å². The van der Waals surface area contributed by atoms with Gasteiger partial charge in [0.15, 0.2) is 0 Å². The fourth-order valence-electron chi connectivity index (χ4n) is 2.62. The third kappa shape index (κ3) is 4.70. The standard InChI is InChI=1S/C20H16N6/c21-11-16-4-7-24-19(9-16)14-26(13-18-3-1-2-6-23-18)15-20-10-17(12-22)5-8-25-20/h1-10H,13-15H2. The lowest BCUT2D eigenvalue weighted by Crippen LogP contribution is -2.24. The molecular formula is C20H16N6. The Balaban J connectivity index is 1.83. The van der Waals surface area contributed by atoms with Crippen molar-refractivity contribution in [3.05, 3.63) is 89.3 Å². The van der Waals surface area contributed by atoms with E-state index in [-0.39, 0.29) is 0 Å². The summed E-state index contributed by atoms with van der Waals surface area (Å²) in [5.41, 5.74) is 3.70. The summed E-state index contributed by atoms with van der Waals surface area (Å²) in [7, 11) is 0. The van der Waals surface area contributed by atoms with Crippen LogP contribution in [0.2, 0.25) is 0 Å². The summed E-state index contributed by atoms with van der Waals surface area (Å²) < 4.78 is 0. The number of nitrogens with zero attached hydrogens (tertiary/aromatic N) is 6. The van der Waals surface area contributed by atoms with E-state index >= 15 is 0 Å². The summed E-state index contributed by atoms with van der Waals surface area (Å²) in [5.74, 6) is 0. The smallest absolute Gasteiger partial charge is 0.0992 e. The van der Waals surface area contributed by atoms with Gasteiger partial charge in [0.25, 0.3) is 0 Å². The minimum atomic E-state index is 0.546. The third-order valence-corrected chi connectivity index (χ3v) is 3.77. The number of hydrogen-bond acceptors (Lipinski definition) is 6. The lowest BCUT2D eigenvalue weighted by atomic mass is 10.2. The van der Waals surface area contributed by atoms with E-state index in [0.717, 1.165) is 17.1 Å². The highest BCUT2D eigenvalue weighted by Crippen LogP contribution is 2.12. The molecule has 0 unspecified atom stereocenters.